The van der Waals surface area contributed by atoms with Crippen molar-refractivity contribution in [3.05, 3.63) is 240 Å². The zero-order valence-corrected chi connectivity index (χ0v) is 35.7. The molecule has 2 nitrogen and oxygen atoms in total. The number of likely N-dealkylation sites (N-methyl/N-ethyl adjacent to an activating group) is 1. The first-order chi connectivity index (χ1) is 27.1. The van der Waals surface area contributed by atoms with Crippen LogP contribution in [-0.4, -0.2) is 7.05 Å². The lowest BCUT2D eigenvalue weighted by atomic mass is 9.92. The van der Waals surface area contributed by atoms with Crippen molar-refractivity contribution in [3.63, 3.8) is 0 Å². The molecular weight excluding hydrogens is 677 g/mol. The summed E-state index contributed by atoms with van der Waals surface area (Å²) in [6.07, 6.45) is 40.9. The Hall–Kier alpha value is -5.86. The van der Waals surface area contributed by atoms with Crippen LogP contribution in [0.4, 0.5) is 11.4 Å². The predicted molar refractivity (Wildman–Crippen MR) is 253 cm³/mol. The molecule has 2 aromatic rings. The van der Waals surface area contributed by atoms with Crippen molar-refractivity contribution < 1.29 is 0 Å². The minimum Gasteiger partial charge on any atom is -0.344 e. The molecule has 2 aromatic carbocycles. The molecule has 0 unspecified atom stereocenters. The van der Waals surface area contributed by atoms with Crippen LogP contribution in [0.1, 0.15) is 73.3 Å². The average Bonchev–Trinajstić information content (AvgIpc) is 3.44. The summed E-state index contributed by atoms with van der Waals surface area (Å²) in [5.74, 6) is 0. The minimum absolute atomic E-state index is 0.884. The standard InChI is InChI=1S/C32H37N.C20H23N.C2H6/c1-8-11-18-30-19-12-13-21-32(30)28(7)33(31-20-14-17-25(4)24-31)27(6)23-22-26(5)29(15-9-2)16-10-3;1-4-5-14-20(18-11-9-10-17(2)15-16-18)21(3)19-12-7-6-8-13-19;1-2/h8-11,13-18,20-24H,2,5-6,12,19H2,1,3-4,7H3;4-15H,16H2,1-3H3;1-2H3/b11-8-,16-10-,23-22-,29-15+,30-18-,32-28+;5-4-,20-14+;. The highest BCUT2D eigenvalue weighted by molar-refractivity contribution is 5.65. The van der Waals surface area contributed by atoms with E-state index in [2.05, 4.69) is 179 Å². The highest BCUT2D eigenvalue weighted by Gasteiger charge is 2.18. The Morgan fingerprint density at radius 3 is 2.18 bits per heavy atom. The van der Waals surface area contributed by atoms with Gasteiger partial charge in [-0.05, 0) is 131 Å². The molecule has 0 aliphatic heterocycles. The molecule has 0 heterocycles. The van der Waals surface area contributed by atoms with Crippen molar-refractivity contribution in [1.82, 2.24) is 0 Å². The van der Waals surface area contributed by atoms with E-state index >= 15 is 0 Å². The van der Waals surface area contributed by atoms with E-state index in [0.29, 0.717) is 0 Å². The zero-order valence-electron chi connectivity index (χ0n) is 35.7. The SMILES string of the molecule is C/C=C\C=C(/C1=CC=CC(C)=CC1)N(C)c1ccccc1.C=C/C=C(\C=C/C)C(=C)/C=C\C(=C)N(\C(C)=C1/C=CCC/C1=C/C=C\C)c1cccc(C)c1.CC. The Morgan fingerprint density at radius 1 is 0.804 bits per heavy atom. The fourth-order valence-electron chi connectivity index (χ4n) is 6.15. The summed E-state index contributed by atoms with van der Waals surface area (Å²) < 4.78 is 0. The Morgan fingerprint density at radius 2 is 1.52 bits per heavy atom. The van der Waals surface area contributed by atoms with E-state index in [-0.39, 0.29) is 0 Å². The second-order valence-corrected chi connectivity index (χ2v) is 13.2. The first-order valence-electron chi connectivity index (χ1n) is 19.9. The number of para-hydroxylation sites is 1. The lowest BCUT2D eigenvalue weighted by molar-refractivity contribution is 0.947. The summed E-state index contributed by atoms with van der Waals surface area (Å²) in [7, 11) is 2.12. The molecule has 0 aromatic heterocycles. The summed E-state index contributed by atoms with van der Waals surface area (Å²) in [5, 5.41) is 0. The molecule has 0 fully saturated rings. The molecule has 0 spiro atoms. The van der Waals surface area contributed by atoms with Gasteiger partial charge >= 0.3 is 0 Å². The molecule has 2 heteroatoms. The lowest BCUT2D eigenvalue weighted by Crippen LogP contribution is -2.21. The highest BCUT2D eigenvalue weighted by atomic mass is 15.1. The molecule has 0 N–H and O–H groups in total. The van der Waals surface area contributed by atoms with E-state index < -0.39 is 0 Å². The van der Waals surface area contributed by atoms with Crippen molar-refractivity contribution >= 4 is 11.4 Å². The molecule has 4 rings (SSSR count). The molecule has 292 valence electrons. The molecule has 2 aliphatic rings. The van der Waals surface area contributed by atoms with Crippen LogP contribution in [0, 0.1) is 6.92 Å². The molecule has 0 amide bonds. The summed E-state index contributed by atoms with van der Waals surface area (Å²) >= 11 is 0. The third-order valence-electron chi connectivity index (χ3n) is 9.05. The number of benzene rings is 2. The van der Waals surface area contributed by atoms with E-state index in [0.717, 1.165) is 47.5 Å². The topological polar surface area (TPSA) is 6.48 Å². The van der Waals surface area contributed by atoms with Gasteiger partial charge in [0.05, 0.1) is 0 Å². The Labute approximate surface area is 341 Å². The molecule has 0 bridgehead atoms. The maximum atomic E-state index is 4.44. The Bertz CT molecular complexity index is 1980. The van der Waals surface area contributed by atoms with Crippen LogP contribution < -0.4 is 9.80 Å². The summed E-state index contributed by atoms with van der Waals surface area (Å²) in [6, 6.07) is 19.0. The smallest absolute Gasteiger partial charge is 0.0460 e. The second kappa shape index (κ2) is 26.0. The molecule has 2 aliphatic carbocycles. The maximum Gasteiger partial charge on any atom is 0.0460 e. The number of anilines is 2. The normalized spacial score (nSPS) is 16.2. The molecule has 0 radical (unpaired) electrons. The number of hydrogen-bond donors (Lipinski definition) is 0. The monoisotopic (exact) mass is 743 g/mol. The van der Waals surface area contributed by atoms with Gasteiger partial charge in [-0.1, -0.05) is 167 Å². The van der Waals surface area contributed by atoms with Gasteiger partial charge in [-0.3, -0.25) is 0 Å². The number of allylic oxidation sites excluding steroid dienone is 25. The fraction of sp³-hybridized carbons (Fsp3) is 0.222. The zero-order chi connectivity index (χ0) is 41.3. The van der Waals surface area contributed by atoms with Crippen LogP contribution in [0.25, 0.3) is 0 Å². The third kappa shape index (κ3) is 14.8. The van der Waals surface area contributed by atoms with Crippen LogP contribution in [0.5, 0.6) is 0 Å². The van der Waals surface area contributed by atoms with Crippen molar-refractivity contribution in [2.45, 2.75) is 74.7 Å². The fourth-order valence-corrected chi connectivity index (χ4v) is 6.15. The maximum absolute atomic E-state index is 4.44. The van der Waals surface area contributed by atoms with Crippen LogP contribution in [0.2, 0.25) is 0 Å². The second-order valence-electron chi connectivity index (χ2n) is 13.2. The number of hydrogen-bond acceptors (Lipinski definition) is 2. The van der Waals surface area contributed by atoms with Crippen LogP contribution in [0.3, 0.4) is 0 Å². The van der Waals surface area contributed by atoms with E-state index in [4.69, 9.17) is 0 Å². The number of rotatable bonds is 13. The van der Waals surface area contributed by atoms with E-state index in [9.17, 15) is 0 Å². The number of aryl methyl sites for hydroxylation is 1. The van der Waals surface area contributed by atoms with Gasteiger partial charge in [0.2, 0.25) is 0 Å². The largest absolute Gasteiger partial charge is 0.344 e. The van der Waals surface area contributed by atoms with Crippen molar-refractivity contribution in [2.24, 2.45) is 0 Å². The summed E-state index contributed by atoms with van der Waals surface area (Å²) in [4.78, 5) is 4.48. The molecular formula is C54H66N2. The van der Waals surface area contributed by atoms with Gasteiger partial charge in [0.1, 0.15) is 0 Å². The van der Waals surface area contributed by atoms with Crippen LogP contribution in [-0.2, 0) is 0 Å². The van der Waals surface area contributed by atoms with Gasteiger partial charge in [-0.25, -0.2) is 0 Å². The van der Waals surface area contributed by atoms with Crippen molar-refractivity contribution in [1.29, 1.82) is 0 Å². The van der Waals surface area contributed by atoms with Gasteiger partial charge in [0.25, 0.3) is 0 Å². The van der Waals surface area contributed by atoms with E-state index in [1.807, 2.05) is 71.1 Å². The highest BCUT2D eigenvalue weighted by Crippen LogP contribution is 2.33. The first-order valence-corrected chi connectivity index (χ1v) is 19.9. The average molecular weight is 743 g/mol. The lowest BCUT2D eigenvalue weighted by Gasteiger charge is -2.30. The van der Waals surface area contributed by atoms with Gasteiger partial charge < -0.3 is 9.80 Å². The van der Waals surface area contributed by atoms with Crippen LogP contribution in [0.15, 0.2) is 234 Å². The van der Waals surface area contributed by atoms with E-state index in [1.54, 1.807) is 6.08 Å². The Balaban J connectivity index is 0.000000404. The van der Waals surface area contributed by atoms with Crippen LogP contribution >= 0.6 is 0 Å². The van der Waals surface area contributed by atoms with Gasteiger partial charge in [0, 0.05) is 35.5 Å². The van der Waals surface area contributed by atoms with Gasteiger partial charge in [0.15, 0.2) is 0 Å². The van der Waals surface area contributed by atoms with Gasteiger partial charge in [-0.2, -0.15) is 0 Å². The summed E-state index contributed by atoms with van der Waals surface area (Å²) in [5.41, 5.74) is 13.9. The first kappa shape index (κ1) is 46.3. The van der Waals surface area contributed by atoms with E-state index in [1.165, 1.54) is 39.2 Å². The molecule has 0 atom stereocenters. The number of nitrogens with zero attached hydrogens (tertiary/aromatic N) is 2. The van der Waals surface area contributed by atoms with Crippen molar-refractivity contribution in [2.75, 3.05) is 16.8 Å². The predicted octanol–water partition coefficient (Wildman–Crippen LogP) is 15.7. The molecule has 56 heavy (non-hydrogen) atoms. The minimum atomic E-state index is 0.884. The molecule has 0 saturated carbocycles. The Kier molecular flexibility index (Phi) is 21.5. The summed E-state index contributed by atoms with van der Waals surface area (Å²) in [6.45, 7) is 29.0. The van der Waals surface area contributed by atoms with Crippen molar-refractivity contribution in [3.8, 4) is 0 Å². The van der Waals surface area contributed by atoms with Gasteiger partial charge in [-0.15, -0.1) is 0 Å². The third-order valence-corrected chi connectivity index (χ3v) is 9.05. The molecule has 0 saturated heterocycles. The quantitative estimate of drug-likeness (QED) is 0.189.